The van der Waals surface area contributed by atoms with E-state index in [-0.39, 0.29) is 5.60 Å². The van der Waals surface area contributed by atoms with Gasteiger partial charge in [0.1, 0.15) is 5.60 Å². The first-order valence-corrected chi connectivity index (χ1v) is 4.09. The largest absolute Gasteiger partial charge is 0.490 e. The van der Waals surface area contributed by atoms with Gasteiger partial charge in [-0.25, -0.2) is 0 Å². The average molecular weight is 170 g/mol. The molecule has 0 spiro atoms. The molecule has 0 aliphatic heterocycles. The Morgan fingerprint density at radius 2 is 2.17 bits per heavy atom. The van der Waals surface area contributed by atoms with Crippen molar-refractivity contribution in [1.82, 2.24) is 0 Å². The molecule has 0 aromatic carbocycles. The first kappa shape index (κ1) is 11.0. The van der Waals surface area contributed by atoms with Gasteiger partial charge >= 0.3 is 0 Å². The molecule has 0 saturated carbocycles. The first-order valence-electron chi connectivity index (χ1n) is 4.09. The predicted octanol–water partition coefficient (Wildman–Crippen LogP) is 2.04. The van der Waals surface area contributed by atoms with Gasteiger partial charge in [0.2, 0.25) is 0 Å². The molecule has 1 atom stereocenters. The van der Waals surface area contributed by atoms with Crippen LogP contribution >= 0.6 is 0 Å². The second-order valence-corrected chi connectivity index (χ2v) is 3.26. The fraction of sp³-hybridized carbons (Fsp3) is 0.667. The van der Waals surface area contributed by atoms with Gasteiger partial charge in [-0.2, -0.15) is 5.10 Å². The molecule has 0 bridgehead atoms. The van der Waals surface area contributed by atoms with E-state index in [1.54, 1.807) is 12.5 Å². The van der Waals surface area contributed by atoms with E-state index in [1.807, 2.05) is 27.7 Å². The number of nitrogens with two attached hydrogens (primary N) is 1. The van der Waals surface area contributed by atoms with Crippen molar-refractivity contribution in [2.24, 2.45) is 10.9 Å². The van der Waals surface area contributed by atoms with E-state index in [2.05, 4.69) is 5.10 Å². The van der Waals surface area contributed by atoms with Crippen molar-refractivity contribution < 1.29 is 4.74 Å². The standard InChI is InChI=1S/C9H18N2O/c1-5-9(4,7-11-10)12-6-8(2)3/h6-7H,5,10H2,1-4H3/b11-7-. The number of ether oxygens (including phenoxy) is 1. The molecule has 3 nitrogen and oxygen atoms in total. The van der Waals surface area contributed by atoms with Crippen molar-refractivity contribution in [3.63, 3.8) is 0 Å². The number of rotatable bonds is 4. The molecule has 0 saturated heterocycles. The van der Waals surface area contributed by atoms with Gasteiger partial charge in [-0.1, -0.05) is 6.92 Å². The van der Waals surface area contributed by atoms with Crippen molar-refractivity contribution in [1.29, 1.82) is 0 Å². The molecule has 0 aromatic heterocycles. The van der Waals surface area contributed by atoms with Crippen LogP contribution in [0.4, 0.5) is 0 Å². The minimum atomic E-state index is -0.369. The lowest BCUT2D eigenvalue weighted by atomic mass is 10.1. The number of allylic oxidation sites excluding steroid dienone is 1. The summed E-state index contributed by atoms with van der Waals surface area (Å²) in [7, 11) is 0. The Bertz CT molecular complexity index is 183. The van der Waals surface area contributed by atoms with Gasteiger partial charge in [0.25, 0.3) is 0 Å². The Labute approximate surface area is 74.3 Å². The molecule has 0 aliphatic rings. The molecule has 0 heterocycles. The Hall–Kier alpha value is -0.990. The van der Waals surface area contributed by atoms with E-state index in [9.17, 15) is 0 Å². The fourth-order valence-electron chi connectivity index (χ4n) is 0.615. The zero-order valence-electron chi connectivity index (χ0n) is 8.29. The van der Waals surface area contributed by atoms with Crippen LogP contribution in [-0.2, 0) is 4.74 Å². The highest BCUT2D eigenvalue weighted by atomic mass is 16.5. The van der Waals surface area contributed by atoms with Crippen LogP contribution in [0.1, 0.15) is 34.1 Å². The molecule has 0 fully saturated rings. The van der Waals surface area contributed by atoms with Crippen LogP contribution in [0.3, 0.4) is 0 Å². The normalized spacial score (nSPS) is 15.7. The summed E-state index contributed by atoms with van der Waals surface area (Å²) in [6.07, 6.45) is 4.19. The summed E-state index contributed by atoms with van der Waals surface area (Å²) in [5.74, 6) is 5.07. The number of hydrogen-bond donors (Lipinski definition) is 1. The lowest BCUT2D eigenvalue weighted by molar-refractivity contribution is 0.104. The van der Waals surface area contributed by atoms with E-state index in [0.29, 0.717) is 0 Å². The van der Waals surface area contributed by atoms with E-state index >= 15 is 0 Å². The maximum Gasteiger partial charge on any atom is 0.142 e. The highest BCUT2D eigenvalue weighted by molar-refractivity contribution is 5.67. The average Bonchev–Trinajstić information content (AvgIpc) is 2.02. The van der Waals surface area contributed by atoms with Gasteiger partial charge in [-0.3, -0.25) is 0 Å². The smallest absolute Gasteiger partial charge is 0.142 e. The Balaban J connectivity index is 4.24. The third kappa shape index (κ3) is 4.01. The number of hydrazone groups is 1. The molecule has 0 rings (SSSR count). The second-order valence-electron chi connectivity index (χ2n) is 3.26. The third-order valence-electron chi connectivity index (χ3n) is 1.61. The second kappa shape index (κ2) is 4.80. The summed E-state index contributed by atoms with van der Waals surface area (Å²) in [6.45, 7) is 7.94. The lowest BCUT2D eigenvalue weighted by Crippen LogP contribution is -2.28. The SMILES string of the molecule is CCC(C)(/C=N\N)OC=C(C)C. The highest BCUT2D eigenvalue weighted by Gasteiger charge is 2.19. The van der Waals surface area contributed by atoms with E-state index in [4.69, 9.17) is 10.6 Å². The van der Waals surface area contributed by atoms with Crippen molar-refractivity contribution in [3.8, 4) is 0 Å². The minimum Gasteiger partial charge on any atom is -0.490 e. The maximum atomic E-state index is 5.49. The van der Waals surface area contributed by atoms with Gasteiger partial charge < -0.3 is 10.6 Å². The van der Waals surface area contributed by atoms with Crippen molar-refractivity contribution >= 4 is 6.21 Å². The molecular weight excluding hydrogens is 152 g/mol. The lowest BCUT2D eigenvalue weighted by Gasteiger charge is -2.22. The summed E-state index contributed by atoms with van der Waals surface area (Å²) in [5.41, 5.74) is 0.756. The van der Waals surface area contributed by atoms with Crippen LogP contribution in [0.2, 0.25) is 0 Å². The van der Waals surface area contributed by atoms with Crippen molar-refractivity contribution in [2.75, 3.05) is 0 Å². The fourth-order valence-corrected chi connectivity index (χ4v) is 0.615. The van der Waals surface area contributed by atoms with E-state index in [0.717, 1.165) is 12.0 Å². The molecule has 0 radical (unpaired) electrons. The zero-order valence-corrected chi connectivity index (χ0v) is 8.29. The van der Waals surface area contributed by atoms with Crippen LogP contribution in [-0.4, -0.2) is 11.8 Å². The van der Waals surface area contributed by atoms with Crippen LogP contribution in [0.5, 0.6) is 0 Å². The van der Waals surface area contributed by atoms with Crippen LogP contribution in [0.15, 0.2) is 16.9 Å². The Kier molecular flexibility index (Phi) is 4.40. The summed E-state index contributed by atoms with van der Waals surface area (Å²) in [6, 6.07) is 0. The van der Waals surface area contributed by atoms with Crippen LogP contribution in [0.25, 0.3) is 0 Å². The molecule has 12 heavy (non-hydrogen) atoms. The van der Waals surface area contributed by atoms with Gasteiger partial charge in [-0.15, -0.1) is 0 Å². The predicted molar refractivity (Wildman–Crippen MR) is 51.9 cm³/mol. The van der Waals surface area contributed by atoms with Crippen molar-refractivity contribution in [2.45, 2.75) is 39.7 Å². The van der Waals surface area contributed by atoms with Gasteiger partial charge in [0.15, 0.2) is 0 Å². The molecule has 1 unspecified atom stereocenters. The topological polar surface area (TPSA) is 47.6 Å². The summed E-state index contributed by atoms with van der Waals surface area (Å²) in [4.78, 5) is 0. The highest BCUT2D eigenvalue weighted by Crippen LogP contribution is 2.13. The molecule has 3 heteroatoms. The van der Waals surface area contributed by atoms with Crippen LogP contribution in [0, 0.1) is 0 Å². The molecule has 0 amide bonds. The molecule has 2 N–H and O–H groups in total. The van der Waals surface area contributed by atoms with Crippen LogP contribution < -0.4 is 5.84 Å². The third-order valence-corrected chi connectivity index (χ3v) is 1.61. The monoisotopic (exact) mass is 170 g/mol. The maximum absolute atomic E-state index is 5.49. The molecule has 70 valence electrons. The van der Waals surface area contributed by atoms with Gasteiger partial charge in [0.05, 0.1) is 12.5 Å². The first-order chi connectivity index (χ1) is 5.54. The molecule has 0 aliphatic carbocycles. The van der Waals surface area contributed by atoms with Gasteiger partial charge in [-0.05, 0) is 32.8 Å². The molecule has 0 aromatic rings. The quantitative estimate of drug-likeness (QED) is 0.304. The van der Waals surface area contributed by atoms with Gasteiger partial charge in [0, 0.05) is 0 Å². The Morgan fingerprint density at radius 1 is 1.58 bits per heavy atom. The summed E-state index contributed by atoms with van der Waals surface area (Å²) >= 11 is 0. The zero-order chi connectivity index (χ0) is 9.61. The summed E-state index contributed by atoms with van der Waals surface area (Å²) < 4.78 is 5.49. The number of hydrogen-bond acceptors (Lipinski definition) is 3. The number of nitrogens with zero attached hydrogens (tertiary/aromatic N) is 1. The summed E-state index contributed by atoms with van der Waals surface area (Å²) in [5, 5.41) is 3.48. The Morgan fingerprint density at radius 3 is 2.50 bits per heavy atom. The minimum absolute atomic E-state index is 0.369. The molecular formula is C9H18N2O. The van der Waals surface area contributed by atoms with E-state index < -0.39 is 0 Å². The van der Waals surface area contributed by atoms with Crippen molar-refractivity contribution in [3.05, 3.63) is 11.8 Å². The van der Waals surface area contributed by atoms with E-state index in [1.165, 1.54) is 0 Å².